The maximum absolute atomic E-state index is 12.7. The standard InChI is InChI=1S/C22H18N2O5/c1-29-15-8-6-7-14(13-15)23-21(26)18-11-4-5-12-19(18)24-20(25)16-9-2-3-10-17(16)22(27)28/h2-13H,1H3,(H,23,26)(H,24,25)(H,27,28). The number of hydrogen-bond acceptors (Lipinski definition) is 4. The lowest BCUT2D eigenvalue weighted by Gasteiger charge is -2.13. The van der Waals surface area contributed by atoms with Gasteiger partial charge in [0.25, 0.3) is 11.8 Å². The van der Waals surface area contributed by atoms with Crippen LogP contribution in [-0.2, 0) is 0 Å². The Bertz CT molecular complexity index is 1080. The monoisotopic (exact) mass is 390 g/mol. The molecule has 0 heterocycles. The number of benzene rings is 3. The smallest absolute Gasteiger partial charge is 0.336 e. The first-order valence-electron chi connectivity index (χ1n) is 8.67. The zero-order valence-corrected chi connectivity index (χ0v) is 15.5. The first kappa shape index (κ1) is 19.6. The molecule has 0 unspecified atom stereocenters. The molecule has 0 bridgehead atoms. The van der Waals surface area contributed by atoms with Crippen LogP contribution >= 0.6 is 0 Å². The first-order valence-corrected chi connectivity index (χ1v) is 8.67. The fourth-order valence-corrected chi connectivity index (χ4v) is 2.75. The van der Waals surface area contributed by atoms with E-state index in [9.17, 15) is 19.5 Å². The van der Waals surface area contributed by atoms with E-state index in [0.717, 1.165) is 0 Å². The number of methoxy groups -OCH3 is 1. The van der Waals surface area contributed by atoms with Gasteiger partial charge in [0, 0.05) is 11.8 Å². The summed E-state index contributed by atoms with van der Waals surface area (Å²) in [5.41, 5.74) is 0.910. The van der Waals surface area contributed by atoms with Crippen LogP contribution in [-0.4, -0.2) is 30.0 Å². The Kier molecular flexibility index (Phi) is 5.89. The maximum Gasteiger partial charge on any atom is 0.336 e. The van der Waals surface area contributed by atoms with E-state index < -0.39 is 17.8 Å². The minimum absolute atomic E-state index is 0.00278. The summed E-state index contributed by atoms with van der Waals surface area (Å²) in [6.07, 6.45) is 0. The van der Waals surface area contributed by atoms with Gasteiger partial charge in [-0.3, -0.25) is 9.59 Å². The largest absolute Gasteiger partial charge is 0.497 e. The molecule has 146 valence electrons. The molecule has 0 spiro atoms. The molecule has 0 aliphatic carbocycles. The lowest BCUT2D eigenvalue weighted by Crippen LogP contribution is -2.20. The Morgan fingerprint density at radius 3 is 2.07 bits per heavy atom. The molecule has 0 aliphatic heterocycles. The number of amides is 2. The van der Waals surface area contributed by atoms with Crippen LogP contribution in [0.15, 0.2) is 72.8 Å². The average molecular weight is 390 g/mol. The van der Waals surface area contributed by atoms with Gasteiger partial charge in [-0.05, 0) is 36.4 Å². The van der Waals surface area contributed by atoms with Crippen molar-refractivity contribution in [1.29, 1.82) is 0 Å². The molecule has 0 aromatic heterocycles. The highest BCUT2D eigenvalue weighted by Gasteiger charge is 2.18. The van der Waals surface area contributed by atoms with E-state index in [1.54, 1.807) is 54.6 Å². The van der Waals surface area contributed by atoms with Gasteiger partial charge in [0.05, 0.1) is 29.5 Å². The number of rotatable bonds is 6. The van der Waals surface area contributed by atoms with E-state index in [1.807, 2.05) is 0 Å². The fourth-order valence-electron chi connectivity index (χ4n) is 2.75. The highest BCUT2D eigenvalue weighted by Crippen LogP contribution is 2.21. The maximum atomic E-state index is 12.7. The third-order valence-electron chi connectivity index (χ3n) is 4.15. The summed E-state index contributed by atoms with van der Waals surface area (Å²) in [4.78, 5) is 36.7. The first-order chi connectivity index (χ1) is 14.0. The Balaban J connectivity index is 1.84. The number of carbonyl (C=O) groups is 3. The molecule has 7 heteroatoms. The summed E-state index contributed by atoms with van der Waals surface area (Å²) in [5.74, 6) is -1.67. The zero-order chi connectivity index (χ0) is 20.8. The molecule has 2 amide bonds. The van der Waals surface area contributed by atoms with Crippen molar-refractivity contribution in [3.8, 4) is 5.75 Å². The third kappa shape index (κ3) is 4.59. The van der Waals surface area contributed by atoms with E-state index in [-0.39, 0.29) is 22.4 Å². The van der Waals surface area contributed by atoms with E-state index in [1.165, 1.54) is 25.3 Å². The minimum atomic E-state index is -1.21. The van der Waals surface area contributed by atoms with Gasteiger partial charge in [-0.15, -0.1) is 0 Å². The number of carboxylic acid groups (broad SMARTS) is 1. The molecule has 7 nitrogen and oxygen atoms in total. The molecular weight excluding hydrogens is 372 g/mol. The summed E-state index contributed by atoms with van der Waals surface area (Å²) in [6, 6.07) is 19.2. The predicted octanol–water partition coefficient (Wildman–Crippen LogP) is 3.90. The molecular formula is C22H18N2O5. The third-order valence-corrected chi connectivity index (χ3v) is 4.15. The van der Waals surface area contributed by atoms with E-state index in [0.29, 0.717) is 11.4 Å². The van der Waals surface area contributed by atoms with Gasteiger partial charge in [0.2, 0.25) is 0 Å². The van der Waals surface area contributed by atoms with Crippen molar-refractivity contribution in [1.82, 2.24) is 0 Å². The van der Waals surface area contributed by atoms with Crippen LogP contribution < -0.4 is 15.4 Å². The van der Waals surface area contributed by atoms with Crippen LogP contribution in [0.2, 0.25) is 0 Å². The molecule has 0 radical (unpaired) electrons. The van der Waals surface area contributed by atoms with Crippen LogP contribution in [0.1, 0.15) is 31.1 Å². The van der Waals surface area contributed by atoms with Gasteiger partial charge in [-0.25, -0.2) is 4.79 Å². The van der Waals surface area contributed by atoms with Crippen LogP contribution in [0.3, 0.4) is 0 Å². The zero-order valence-electron chi connectivity index (χ0n) is 15.5. The van der Waals surface area contributed by atoms with Crippen molar-refractivity contribution in [3.05, 3.63) is 89.5 Å². The second-order valence-corrected chi connectivity index (χ2v) is 6.04. The number of carboxylic acids is 1. The Hall–Kier alpha value is -4.13. The van der Waals surface area contributed by atoms with Crippen molar-refractivity contribution in [2.45, 2.75) is 0 Å². The minimum Gasteiger partial charge on any atom is -0.497 e. The molecule has 3 N–H and O–H groups in total. The molecule has 0 saturated heterocycles. The Morgan fingerprint density at radius 2 is 1.38 bits per heavy atom. The summed E-state index contributed by atoms with van der Waals surface area (Å²) in [7, 11) is 1.53. The normalized spacial score (nSPS) is 10.1. The second-order valence-electron chi connectivity index (χ2n) is 6.04. The van der Waals surface area contributed by atoms with Gasteiger partial charge in [0.1, 0.15) is 5.75 Å². The number of carbonyl (C=O) groups excluding carboxylic acids is 2. The predicted molar refractivity (Wildman–Crippen MR) is 109 cm³/mol. The summed E-state index contributed by atoms with van der Waals surface area (Å²) in [5, 5.41) is 14.7. The molecule has 29 heavy (non-hydrogen) atoms. The van der Waals surface area contributed by atoms with Gasteiger partial charge < -0.3 is 20.5 Å². The van der Waals surface area contributed by atoms with Crippen LogP contribution in [0, 0.1) is 0 Å². The average Bonchev–Trinajstić information content (AvgIpc) is 2.74. The molecule has 0 saturated carbocycles. The SMILES string of the molecule is COc1cccc(NC(=O)c2ccccc2NC(=O)c2ccccc2C(=O)O)c1. The lowest BCUT2D eigenvalue weighted by atomic mass is 10.1. The second kappa shape index (κ2) is 8.71. The Labute approximate surface area is 166 Å². The molecule has 0 fully saturated rings. The van der Waals surface area contributed by atoms with Crippen molar-refractivity contribution in [2.24, 2.45) is 0 Å². The van der Waals surface area contributed by atoms with Crippen molar-refractivity contribution >= 4 is 29.2 Å². The summed E-state index contributed by atoms with van der Waals surface area (Å²) >= 11 is 0. The van der Waals surface area contributed by atoms with E-state index in [2.05, 4.69) is 10.6 Å². The van der Waals surface area contributed by atoms with Crippen LogP contribution in [0.5, 0.6) is 5.75 Å². The molecule has 0 aliphatic rings. The fraction of sp³-hybridized carbons (Fsp3) is 0.0455. The van der Waals surface area contributed by atoms with Gasteiger partial charge in [-0.2, -0.15) is 0 Å². The van der Waals surface area contributed by atoms with Crippen molar-refractivity contribution in [2.75, 3.05) is 17.7 Å². The molecule has 3 aromatic carbocycles. The summed E-state index contributed by atoms with van der Waals surface area (Å²) < 4.78 is 5.14. The van der Waals surface area contributed by atoms with Crippen molar-refractivity contribution < 1.29 is 24.2 Å². The van der Waals surface area contributed by atoms with Gasteiger partial charge >= 0.3 is 5.97 Å². The highest BCUT2D eigenvalue weighted by molar-refractivity contribution is 6.14. The topological polar surface area (TPSA) is 105 Å². The van der Waals surface area contributed by atoms with Crippen molar-refractivity contribution in [3.63, 3.8) is 0 Å². The number of hydrogen-bond donors (Lipinski definition) is 3. The van der Waals surface area contributed by atoms with Crippen LogP contribution in [0.25, 0.3) is 0 Å². The number of anilines is 2. The molecule has 0 atom stereocenters. The Morgan fingerprint density at radius 1 is 0.759 bits per heavy atom. The number of ether oxygens (including phenoxy) is 1. The number of nitrogens with one attached hydrogen (secondary N) is 2. The van der Waals surface area contributed by atoms with Gasteiger partial charge in [0.15, 0.2) is 0 Å². The molecule has 3 aromatic rings. The van der Waals surface area contributed by atoms with E-state index in [4.69, 9.17) is 4.74 Å². The van der Waals surface area contributed by atoms with Gasteiger partial charge in [-0.1, -0.05) is 30.3 Å². The van der Waals surface area contributed by atoms with E-state index >= 15 is 0 Å². The summed E-state index contributed by atoms with van der Waals surface area (Å²) in [6.45, 7) is 0. The highest BCUT2D eigenvalue weighted by atomic mass is 16.5. The molecule has 3 rings (SSSR count). The lowest BCUT2D eigenvalue weighted by molar-refractivity contribution is 0.0692. The number of aromatic carboxylic acids is 1. The van der Waals surface area contributed by atoms with Crippen LogP contribution in [0.4, 0.5) is 11.4 Å². The number of para-hydroxylation sites is 1. The quantitative estimate of drug-likeness (QED) is 0.592.